The quantitative estimate of drug-likeness (QED) is 0.252. The van der Waals surface area contributed by atoms with E-state index < -0.39 is 7.81 Å². The maximum Gasteiger partial charge on any atom is 0.472 e. The van der Waals surface area contributed by atoms with Crippen LogP contribution in [-0.2, 0) is 0 Å². The van der Waals surface area contributed by atoms with Crippen molar-refractivity contribution in [2.24, 2.45) is 0 Å². The monoisotopic (exact) mass is 459 g/mol. The van der Waals surface area contributed by atoms with Gasteiger partial charge in [0.1, 0.15) is 11.0 Å². The van der Waals surface area contributed by atoms with Crippen LogP contribution >= 0.6 is 7.81 Å². The Balaban J connectivity index is 0.000000318. The number of amidine groups is 1. The van der Waals surface area contributed by atoms with Gasteiger partial charge in [0.2, 0.25) is 0 Å². The fourth-order valence-electron chi connectivity index (χ4n) is 3.48. The maximum atomic E-state index is 9.87. The molecular formula is C17H24F6N5OP. The summed E-state index contributed by atoms with van der Waals surface area (Å²) in [4.78, 5) is 10.2. The van der Waals surface area contributed by atoms with Gasteiger partial charge in [0, 0.05) is 0 Å². The van der Waals surface area contributed by atoms with E-state index in [0.29, 0.717) is 0 Å². The first kappa shape index (κ1) is 22.6. The molecule has 0 N–H and O–H groups in total. The van der Waals surface area contributed by atoms with Crippen LogP contribution in [0.15, 0.2) is 24.3 Å². The zero-order valence-electron chi connectivity index (χ0n) is 16.2. The van der Waals surface area contributed by atoms with Gasteiger partial charge in [0.05, 0.1) is 26.2 Å². The van der Waals surface area contributed by atoms with Crippen molar-refractivity contribution in [3.05, 3.63) is 24.3 Å². The average Bonchev–Trinajstić information content (AvgIpc) is 3.08. The van der Waals surface area contributed by atoms with Crippen molar-refractivity contribution in [3.8, 4) is 0 Å². The van der Waals surface area contributed by atoms with Crippen molar-refractivity contribution in [1.82, 2.24) is 20.1 Å². The van der Waals surface area contributed by atoms with Gasteiger partial charge in [0.25, 0.3) is 0 Å². The van der Waals surface area contributed by atoms with E-state index in [9.17, 15) is 25.2 Å². The van der Waals surface area contributed by atoms with Crippen LogP contribution < -0.4 is 4.84 Å². The topological polar surface area (TPSA) is 46.2 Å². The van der Waals surface area contributed by atoms with Gasteiger partial charge in [-0.2, -0.15) is 0 Å². The Morgan fingerprint density at radius 2 is 1.43 bits per heavy atom. The zero-order valence-corrected chi connectivity index (χ0v) is 17.1. The molecule has 0 saturated carbocycles. The Morgan fingerprint density at radius 3 is 2.07 bits per heavy atom. The molecule has 0 amide bonds. The van der Waals surface area contributed by atoms with Crippen LogP contribution in [-0.4, -0.2) is 56.8 Å². The molecule has 0 radical (unpaired) electrons. The molecule has 0 spiro atoms. The van der Waals surface area contributed by atoms with E-state index in [4.69, 9.17) is 4.84 Å². The minimum Gasteiger partial charge on any atom is -0.278 e. The molecule has 3 heterocycles. The second-order valence-corrected chi connectivity index (χ2v) is 9.30. The first-order valence-electron chi connectivity index (χ1n) is 9.79. The predicted molar refractivity (Wildman–Crippen MR) is 102 cm³/mol. The minimum absolute atomic E-state index is 0.865. The molecular weight excluding hydrogens is 435 g/mol. The Hall–Kier alpha value is -2.10. The average molecular weight is 459 g/mol. The number of hydrogen-bond acceptors (Lipinski definition) is 3. The van der Waals surface area contributed by atoms with Gasteiger partial charge in [-0.05, 0) is 55.9 Å². The summed E-state index contributed by atoms with van der Waals surface area (Å²) in [6, 6.07) is 8.89. The van der Waals surface area contributed by atoms with Crippen LogP contribution in [0.2, 0.25) is 0 Å². The molecule has 6 nitrogen and oxygen atoms in total. The SMILES string of the molecule is F[P-](F)(F)(F)(F)F.c1ccc2c(c1)nnn2OC(N1CCCCC1)=[N+]1CCCCC1. The number of rotatable bonds is 1. The maximum absolute atomic E-state index is 10.7. The van der Waals surface area contributed by atoms with E-state index >= 15 is 0 Å². The Labute approximate surface area is 169 Å². The molecule has 2 saturated heterocycles. The summed E-state index contributed by atoms with van der Waals surface area (Å²) in [6.07, 6.45) is 7.57. The smallest absolute Gasteiger partial charge is 0.278 e. The van der Waals surface area contributed by atoms with Gasteiger partial charge in [0.15, 0.2) is 0 Å². The minimum atomic E-state index is -10.7. The van der Waals surface area contributed by atoms with Crippen LogP contribution in [0.4, 0.5) is 25.2 Å². The fourth-order valence-corrected chi connectivity index (χ4v) is 3.48. The molecule has 0 aliphatic carbocycles. The van der Waals surface area contributed by atoms with E-state index in [0.717, 1.165) is 43.2 Å². The molecule has 2 aromatic rings. The molecule has 4 rings (SSSR count). The summed E-state index contributed by atoms with van der Waals surface area (Å²) in [6.45, 7) is 4.27. The molecule has 2 fully saturated rings. The van der Waals surface area contributed by atoms with Gasteiger partial charge < -0.3 is 0 Å². The Kier molecular flexibility index (Phi) is 5.92. The third kappa shape index (κ3) is 7.62. The molecule has 30 heavy (non-hydrogen) atoms. The summed E-state index contributed by atoms with van der Waals surface area (Å²) in [5.41, 5.74) is 1.78. The summed E-state index contributed by atoms with van der Waals surface area (Å²) in [7, 11) is -10.7. The van der Waals surface area contributed by atoms with E-state index in [2.05, 4.69) is 19.8 Å². The Morgan fingerprint density at radius 1 is 0.867 bits per heavy atom. The normalized spacial score (nSPS) is 20.1. The van der Waals surface area contributed by atoms with E-state index in [1.165, 1.54) is 38.5 Å². The number of benzene rings is 1. The first-order chi connectivity index (χ1) is 13.9. The van der Waals surface area contributed by atoms with E-state index in [1.54, 1.807) is 4.85 Å². The largest absolute Gasteiger partial charge is 0.472 e. The van der Waals surface area contributed by atoms with Crippen LogP contribution in [0.1, 0.15) is 38.5 Å². The standard InChI is InChI=1S/C17H24N5O.F6P/c1-5-11-20(12-6-1)17(21-13-7-2-8-14-21)23-22-16-10-4-3-9-15(16)18-19-22;1-7(2,3,4,5)6/h3-4,9-10H,1-2,5-8,11-14H2;/q+1;-1. The summed E-state index contributed by atoms with van der Waals surface area (Å²) < 4.78 is 61.6. The van der Waals surface area contributed by atoms with Crippen LogP contribution in [0.25, 0.3) is 11.0 Å². The summed E-state index contributed by atoms with van der Waals surface area (Å²) >= 11 is 0. The van der Waals surface area contributed by atoms with Gasteiger partial charge in [-0.25, -0.2) is 9.48 Å². The molecule has 0 bridgehead atoms. The molecule has 13 heteroatoms. The van der Waals surface area contributed by atoms with E-state index in [1.807, 2.05) is 24.3 Å². The fraction of sp³-hybridized carbons (Fsp3) is 0.588. The molecule has 1 aromatic heterocycles. The van der Waals surface area contributed by atoms with Crippen LogP contribution in [0, 0.1) is 0 Å². The molecule has 2 aliphatic rings. The van der Waals surface area contributed by atoms with Crippen molar-refractivity contribution >= 4 is 24.9 Å². The van der Waals surface area contributed by atoms with Crippen LogP contribution in [0.3, 0.4) is 0 Å². The number of likely N-dealkylation sites (tertiary alicyclic amines) is 1. The number of hydrogen-bond donors (Lipinski definition) is 0. The van der Waals surface area contributed by atoms with Gasteiger partial charge in [-0.1, -0.05) is 17.0 Å². The van der Waals surface area contributed by atoms with Gasteiger partial charge >= 0.3 is 39.0 Å². The molecule has 170 valence electrons. The number of fused-ring (bicyclic) bond motifs is 1. The summed E-state index contributed by atoms with van der Waals surface area (Å²) in [5.74, 6) is 0. The molecule has 0 atom stereocenters. The molecule has 0 unspecified atom stereocenters. The predicted octanol–water partition coefficient (Wildman–Crippen LogP) is 5.28. The third-order valence-corrected chi connectivity index (χ3v) is 4.74. The number of halogens is 6. The first-order valence-corrected chi connectivity index (χ1v) is 11.8. The van der Waals surface area contributed by atoms with E-state index in [-0.39, 0.29) is 0 Å². The van der Waals surface area contributed by atoms with Crippen molar-refractivity contribution in [3.63, 3.8) is 0 Å². The number of piperidine rings is 2. The second kappa shape index (κ2) is 7.86. The number of aromatic nitrogens is 3. The summed E-state index contributed by atoms with van der Waals surface area (Å²) in [5, 5.41) is 8.39. The molecule has 1 aromatic carbocycles. The van der Waals surface area contributed by atoms with Crippen molar-refractivity contribution in [1.29, 1.82) is 0 Å². The number of para-hydroxylation sites is 1. The van der Waals surface area contributed by atoms with Crippen LogP contribution in [0.5, 0.6) is 0 Å². The van der Waals surface area contributed by atoms with Crippen molar-refractivity contribution in [2.45, 2.75) is 38.5 Å². The Bertz CT molecular complexity index is 889. The van der Waals surface area contributed by atoms with Gasteiger partial charge in [-0.3, -0.25) is 4.84 Å². The van der Waals surface area contributed by atoms with Crippen molar-refractivity contribution in [2.75, 3.05) is 26.2 Å². The third-order valence-electron chi connectivity index (χ3n) is 4.74. The number of nitrogens with zero attached hydrogens (tertiary/aromatic N) is 5. The molecule has 2 aliphatic heterocycles. The van der Waals surface area contributed by atoms with Crippen molar-refractivity contribution < 1.29 is 34.6 Å². The second-order valence-electron chi connectivity index (χ2n) is 7.38. The zero-order chi connectivity index (χ0) is 21.9. The van der Waals surface area contributed by atoms with Gasteiger partial charge in [-0.15, -0.1) is 5.10 Å².